The Kier molecular flexibility index (Phi) is 9.16. The number of aromatic nitrogens is 1. The lowest BCUT2D eigenvalue weighted by Crippen LogP contribution is -2.61. The molecule has 2 aliphatic heterocycles. The smallest absolute Gasteiger partial charge is 0.297 e. The van der Waals surface area contributed by atoms with E-state index < -0.39 is 6.04 Å². The van der Waals surface area contributed by atoms with Crippen molar-refractivity contribution >= 4 is 90.2 Å². The third kappa shape index (κ3) is 7.00. The first-order chi connectivity index (χ1) is 40.1. The van der Waals surface area contributed by atoms with E-state index in [1.54, 1.807) is 0 Å². The first kappa shape index (κ1) is 44.5. The van der Waals surface area contributed by atoms with Gasteiger partial charge in [-0.15, -0.1) is 0 Å². The normalized spacial score (nSPS) is 20.2. The molecule has 0 amide bonds. The molecule has 80 heavy (non-hydrogen) atoms. The van der Waals surface area contributed by atoms with E-state index in [1.807, 2.05) is 0 Å². The Hall–Kier alpha value is -7.24. The average Bonchev–Trinajstić information content (AvgIpc) is 1.71. The number of benzene rings is 8. The number of furan rings is 1. The second kappa shape index (κ2) is 16.5. The lowest BCUT2D eigenvalue weighted by Gasteiger charge is -2.46. The Bertz CT molecular complexity index is 4530. The number of fused-ring (bicyclic) bond motifs is 12. The van der Waals surface area contributed by atoms with E-state index >= 15 is 0 Å². The summed E-state index contributed by atoms with van der Waals surface area (Å²) in [6.07, 6.45) is 6.29. The number of hydrogen-bond donors (Lipinski definition) is 0. The number of aryl methyl sites for hydroxylation is 1. The van der Waals surface area contributed by atoms with E-state index in [1.165, 1.54) is 38.6 Å². The molecule has 0 atom stereocenters. The maximum absolute atomic E-state index is 9.78. The number of anilines is 6. The molecule has 0 saturated carbocycles. The Morgan fingerprint density at radius 1 is 0.450 bits per heavy atom. The monoisotopic (exact) mass is 1050 g/mol. The van der Waals surface area contributed by atoms with Gasteiger partial charge < -0.3 is 18.8 Å². The second-order valence-corrected chi connectivity index (χ2v) is 28.6. The lowest BCUT2D eigenvalue weighted by molar-refractivity contribution is 0.332. The average molecular weight is 1050 g/mol. The van der Waals surface area contributed by atoms with Crippen LogP contribution >= 0.6 is 0 Å². The van der Waals surface area contributed by atoms with E-state index in [4.69, 9.17) is 5.79 Å². The van der Waals surface area contributed by atoms with Gasteiger partial charge in [-0.2, -0.15) is 0 Å². The molecule has 3 aliphatic carbocycles. The highest BCUT2D eigenvalue weighted by Gasteiger charge is 2.50. The molecule has 2 aromatic heterocycles. The van der Waals surface area contributed by atoms with Crippen molar-refractivity contribution in [3.05, 3.63) is 190 Å². The Labute approximate surface area is 481 Å². The molecule has 5 heteroatoms. The van der Waals surface area contributed by atoms with Gasteiger partial charge in [0.25, 0.3) is 6.71 Å². The summed E-state index contributed by atoms with van der Waals surface area (Å²) in [5.41, 5.74) is 22.1. The standard InChI is InChI=1S/C75H76BN3O/c1-45-37-64-67-65(38-45)79(62-43-57-55(72(6,7)33-35-74(57,10)11)41-51(62)46-21-15-14-16-22-46)63-40-48(77-60-25-19-17-23-49(60)50-24-18-20-26-61(50)77)28-30-59(63)76(67)69-68(52-42-56-58(44-66(52)80-69)75(12,13)36-34-73(56,8)9)78(64)47-27-29-53-54(39-47)71(4,5)32-31-70(53,2)3/h14-30,37-44H,31-36H2,1-13H3/i14D,15D,16D,21D,22D. The van der Waals surface area contributed by atoms with Crippen LogP contribution in [0.2, 0.25) is 0 Å². The van der Waals surface area contributed by atoms with E-state index in [9.17, 15) is 5.48 Å². The van der Waals surface area contributed by atoms with E-state index in [0.29, 0.717) is 5.56 Å². The summed E-state index contributed by atoms with van der Waals surface area (Å²) in [7, 11) is 0. The molecule has 0 saturated heterocycles. The molecule has 0 unspecified atom stereocenters. The summed E-state index contributed by atoms with van der Waals surface area (Å²) in [5.74, 6) is 0. The number of para-hydroxylation sites is 2. The fourth-order valence-corrected chi connectivity index (χ4v) is 15.6. The van der Waals surface area contributed by atoms with Gasteiger partial charge in [0.15, 0.2) is 0 Å². The van der Waals surface area contributed by atoms with Crippen LogP contribution in [-0.4, -0.2) is 11.3 Å². The van der Waals surface area contributed by atoms with Crippen LogP contribution in [-0.2, 0) is 32.5 Å². The maximum atomic E-state index is 9.78. The lowest BCUT2D eigenvalue weighted by atomic mass is 9.35. The van der Waals surface area contributed by atoms with Gasteiger partial charge in [0, 0.05) is 50.2 Å². The minimum absolute atomic E-state index is 0.0166. The minimum Gasteiger partial charge on any atom is -0.468 e. The Morgan fingerprint density at radius 3 is 1.57 bits per heavy atom. The summed E-state index contributed by atoms with van der Waals surface area (Å²) in [5, 5.41) is 3.45. The largest absolute Gasteiger partial charge is 0.468 e. The van der Waals surface area contributed by atoms with Gasteiger partial charge in [0.2, 0.25) is 0 Å². The molecule has 8 aromatic carbocycles. The summed E-state index contributed by atoms with van der Waals surface area (Å²) in [6.45, 7) is 30.4. The molecule has 15 rings (SSSR count). The van der Waals surface area contributed by atoms with E-state index in [2.05, 4.69) is 226 Å². The molecular weight excluding hydrogens is 970 g/mol. The molecule has 5 aliphatic rings. The molecule has 400 valence electrons. The summed E-state index contributed by atoms with van der Waals surface area (Å²) in [4.78, 5) is 4.95. The second-order valence-electron chi connectivity index (χ2n) is 28.6. The number of nitrogens with zero attached hydrogens (tertiary/aromatic N) is 3. The predicted octanol–water partition coefficient (Wildman–Crippen LogP) is 18.6. The van der Waals surface area contributed by atoms with Crippen LogP contribution in [0.25, 0.3) is 49.6 Å². The van der Waals surface area contributed by atoms with Crippen LogP contribution in [0.15, 0.2) is 156 Å². The first-order valence-electron chi connectivity index (χ1n) is 32.0. The van der Waals surface area contributed by atoms with Gasteiger partial charge in [-0.1, -0.05) is 162 Å². The van der Waals surface area contributed by atoms with Crippen LogP contribution in [0.5, 0.6) is 0 Å². The first-order valence-corrected chi connectivity index (χ1v) is 29.5. The molecular formula is C75H76BN3O. The Morgan fingerprint density at radius 2 is 0.963 bits per heavy atom. The van der Waals surface area contributed by atoms with Crippen LogP contribution in [0.4, 0.5) is 34.1 Å². The molecule has 0 fully saturated rings. The summed E-state index contributed by atoms with van der Waals surface area (Å²) in [6, 6.07) is 44.2. The minimum atomic E-state index is -0.404. The molecule has 0 radical (unpaired) electrons. The number of hydrogen-bond acceptors (Lipinski definition) is 3. The molecule has 4 heterocycles. The van der Waals surface area contributed by atoms with Crippen molar-refractivity contribution < 1.29 is 11.3 Å². The zero-order valence-corrected chi connectivity index (χ0v) is 49.1. The van der Waals surface area contributed by atoms with Crippen molar-refractivity contribution in [1.82, 2.24) is 4.57 Å². The summed E-state index contributed by atoms with van der Waals surface area (Å²) < 4.78 is 57.0. The van der Waals surface area contributed by atoms with Crippen molar-refractivity contribution in [3.8, 4) is 16.8 Å². The van der Waals surface area contributed by atoms with Gasteiger partial charge in [0.05, 0.1) is 34.9 Å². The molecule has 10 aromatic rings. The van der Waals surface area contributed by atoms with Gasteiger partial charge in [-0.05, 0) is 206 Å². The van der Waals surface area contributed by atoms with Gasteiger partial charge >= 0.3 is 0 Å². The van der Waals surface area contributed by atoms with Crippen molar-refractivity contribution in [2.24, 2.45) is 0 Å². The topological polar surface area (TPSA) is 24.6 Å². The van der Waals surface area contributed by atoms with Gasteiger partial charge in [-0.25, -0.2) is 0 Å². The molecule has 0 bridgehead atoms. The van der Waals surface area contributed by atoms with Gasteiger partial charge in [0.1, 0.15) is 5.58 Å². The fraction of sp³-hybridized carbons (Fsp3) is 0.333. The fourth-order valence-electron chi connectivity index (χ4n) is 15.6. The highest BCUT2D eigenvalue weighted by molar-refractivity contribution is 7.00. The third-order valence-corrected chi connectivity index (χ3v) is 20.7. The van der Waals surface area contributed by atoms with Crippen LogP contribution < -0.4 is 26.4 Å². The maximum Gasteiger partial charge on any atom is 0.297 e. The van der Waals surface area contributed by atoms with Crippen molar-refractivity contribution in [2.45, 2.75) is 161 Å². The van der Waals surface area contributed by atoms with Crippen molar-refractivity contribution in [3.63, 3.8) is 0 Å². The Balaban J connectivity index is 1.11. The zero-order chi connectivity index (χ0) is 59.7. The highest BCUT2D eigenvalue weighted by Crippen LogP contribution is 2.56. The van der Waals surface area contributed by atoms with Crippen LogP contribution in [0.3, 0.4) is 0 Å². The van der Waals surface area contributed by atoms with Crippen LogP contribution in [0.1, 0.15) is 167 Å². The van der Waals surface area contributed by atoms with Crippen molar-refractivity contribution in [2.75, 3.05) is 9.80 Å². The van der Waals surface area contributed by atoms with Crippen molar-refractivity contribution in [1.29, 1.82) is 0 Å². The highest BCUT2D eigenvalue weighted by atomic mass is 16.3. The molecule has 0 spiro atoms. The van der Waals surface area contributed by atoms with E-state index in [0.717, 1.165) is 128 Å². The summed E-state index contributed by atoms with van der Waals surface area (Å²) >= 11 is 0. The predicted molar refractivity (Wildman–Crippen MR) is 341 cm³/mol. The third-order valence-electron chi connectivity index (χ3n) is 20.7. The van der Waals surface area contributed by atoms with E-state index in [-0.39, 0.29) is 68.9 Å². The SMILES string of the molecule is [2H]c1c([2H])c([2H])c(-c2cc3c(cc2N2c4cc(-n5c6ccccc6c6ccccc65)ccc4B4c5oc6cc7c(cc6c5N(c5ccc6c(c5)C(C)(C)CCC6(C)C)c5cc(C)cc2c54)C(C)(C)CCC7(C)C)C(C)(C)CCC3(C)C)c([2H])c1[2H]. The zero-order valence-electron chi connectivity index (χ0n) is 54.1. The van der Waals surface area contributed by atoms with Crippen LogP contribution in [0, 0.1) is 6.92 Å². The molecule has 4 nitrogen and oxygen atoms in total. The number of rotatable bonds is 4. The quantitative estimate of drug-likeness (QED) is 0.164. The van der Waals surface area contributed by atoms with Gasteiger partial charge in [-0.3, -0.25) is 0 Å². The molecule has 0 N–H and O–H groups in total.